The summed E-state index contributed by atoms with van der Waals surface area (Å²) in [5.41, 5.74) is 3.03. The standard InChI is InChI=1S/C21H20N4O2S/c1-14-7-5-6-10-17(14)25-13-16(12-19(25)26)20(27)22-21-24-23-18(28-21)11-15-8-3-2-4-9-15/h2-10,16H,11-13H2,1H3,(H,22,24,27)/t16-/m0/s1. The van der Waals surface area contributed by atoms with Gasteiger partial charge in [0.05, 0.1) is 5.92 Å². The molecule has 0 spiro atoms. The van der Waals surface area contributed by atoms with E-state index in [0.717, 1.165) is 21.8 Å². The summed E-state index contributed by atoms with van der Waals surface area (Å²) in [6.45, 7) is 2.34. The van der Waals surface area contributed by atoms with Crippen molar-refractivity contribution in [3.63, 3.8) is 0 Å². The lowest BCUT2D eigenvalue weighted by molar-refractivity contribution is -0.122. The minimum absolute atomic E-state index is 0.0310. The van der Waals surface area contributed by atoms with Crippen molar-refractivity contribution in [3.8, 4) is 0 Å². The first-order chi connectivity index (χ1) is 13.6. The number of aromatic nitrogens is 2. The molecular formula is C21H20N4O2S. The van der Waals surface area contributed by atoms with Crippen LogP contribution in [0.25, 0.3) is 0 Å². The minimum atomic E-state index is -0.395. The summed E-state index contributed by atoms with van der Waals surface area (Å²) in [4.78, 5) is 26.8. The second-order valence-corrected chi connectivity index (χ2v) is 7.91. The summed E-state index contributed by atoms with van der Waals surface area (Å²) in [5, 5.41) is 12.4. The number of rotatable bonds is 5. The second-order valence-electron chi connectivity index (χ2n) is 6.84. The maximum Gasteiger partial charge on any atom is 0.231 e. The lowest BCUT2D eigenvalue weighted by Gasteiger charge is -2.18. The highest BCUT2D eigenvalue weighted by Gasteiger charge is 2.35. The first-order valence-electron chi connectivity index (χ1n) is 9.13. The first kappa shape index (κ1) is 18.3. The number of para-hydroxylation sites is 1. The average molecular weight is 392 g/mol. The number of hydrogen-bond acceptors (Lipinski definition) is 5. The Kier molecular flexibility index (Phi) is 5.16. The molecule has 1 aliphatic rings. The van der Waals surface area contributed by atoms with Gasteiger partial charge in [0.1, 0.15) is 5.01 Å². The third-order valence-corrected chi connectivity index (χ3v) is 5.64. The molecule has 28 heavy (non-hydrogen) atoms. The number of benzene rings is 2. The Morgan fingerprint density at radius 1 is 1.14 bits per heavy atom. The molecule has 0 saturated carbocycles. The fourth-order valence-corrected chi connectivity index (χ4v) is 4.11. The molecular weight excluding hydrogens is 372 g/mol. The van der Waals surface area contributed by atoms with E-state index in [-0.39, 0.29) is 18.2 Å². The van der Waals surface area contributed by atoms with Gasteiger partial charge in [0.15, 0.2) is 0 Å². The molecule has 0 aliphatic carbocycles. The molecule has 0 unspecified atom stereocenters. The van der Waals surface area contributed by atoms with Crippen LogP contribution in [0.2, 0.25) is 0 Å². The normalized spacial score (nSPS) is 16.4. The summed E-state index contributed by atoms with van der Waals surface area (Å²) >= 11 is 1.36. The summed E-state index contributed by atoms with van der Waals surface area (Å²) in [7, 11) is 0. The highest BCUT2D eigenvalue weighted by Crippen LogP contribution is 2.28. The smallest absolute Gasteiger partial charge is 0.231 e. The van der Waals surface area contributed by atoms with Gasteiger partial charge >= 0.3 is 0 Å². The van der Waals surface area contributed by atoms with E-state index in [9.17, 15) is 9.59 Å². The predicted octanol–water partition coefficient (Wildman–Crippen LogP) is 3.43. The van der Waals surface area contributed by atoms with Gasteiger partial charge in [-0.25, -0.2) is 0 Å². The largest absolute Gasteiger partial charge is 0.311 e. The number of carbonyl (C=O) groups is 2. The van der Waals surface area contributed by atoms with Crippen LogP contribution in [-0.2, 0) is 16.0 Å². The van der Waals surface area contributed by atoms with E-state index in [1.807, 2.05) is 61.5 Å². The van der Waals surface area contributed by atoms with Gasteiger partial charge in [-0.15, -0.1) is 10.2 Å². The summed E-state index contributed by atoms with van der Waals surface area (Å²) < 4.78 is 0. The van der Waals surface area contributed by atoms with Gasteiger partial charge in [0.2, 0.25) is 16.9 Å². The van der Waals surface area contributed by atoms with Crippen LogP contribution in [0.4, 0.5) is 10.8 Å². The molecule has 1 atom stereocenters. The summed E-state index contributed by atoms with van der Waals surface area (Å²) in [6, 6.07) is 17.7. The Labute approximate surface area is 167 Å². The van der Waals surface area contributed by atoms with Crippen molar-refractivity contribution < 1.29 is 9.59 Å². The highest BCUT2D eigenvalue weighted by atomic mass is 32.1. The quantitative estimate of drug-likeness (QED) is 0.722. The second kappa shape index (κ2) is 7.90. The molecule has 142 valence electrons. The minimum Gasteiger partial charge on any atom is -0.311 e. The van der Waals surface area contributed by atoms with Gasteiger partial charge in [0.25, 0.3) is 0 Å². The van der Waals surface area contributed by atoms with Crippen LogP contribution in [0.3, 0.4) is 0 Å². The molecule has 6 nitrogen and oxygen atoms in total. The van der Waals surface area contributed by atoms with Gasteiger partial charge in [-0.05, 0) is 24.1 Å². The van der Waals surface area contributed by atoms with E-state index < -0.39 is 5.92 Å². The van der Waals surface area contributed by atoms with E-state index in [1.165, 1.54) is 11.3 Å². The fourth-order valence-electron chi connectivity index (χ4n) is 3.34. The summed E-state index contributed by atoms with van der Waals surface area (Å²) in [5.74, 6) is -0.614. The molecule has 1 aliphatic heterocycles. The predicted molar refractivity (Wildman–Crippen MR) is 109 cm³/mol. The van der Waals surface area contributed by atoms with E-state index in [0.29, 0.717) is 18.1 Å². The third kappa shape index (κ3) is 3.94. The number of aryl methyl sites for hydroxylation is 1. The van der Waals surface area contributed by atoms with E-state index in [1.54, 1.807) is 4.90 Å². The van der Waals surface area contributed by atoms with Crippen molar-refractivity contribution in [2.45, 2.75) is 19.8 Å². The number of anilines is 2. The molecule has 1 aromatic heterocycles. The van der Waals surface area contributed by atoms with Crippen LogP contribution < -0.4 is 10.2 Å². The number of amides is 2. The number of hydrogen-bond donors (Lipinski definition) is 1. The van der Waals surface area contributed by atoms with Crippen LogP contribution in [0.1, 0.15) is 22.6 Å². The average Bonchev–Trinajstić information content (AvgIpc) is 3.29. The van der Waals surface area contributed by atoms with Gasteiger partial charge in [-0.3, -0.25) is 9.59 Å². The molecule has 2 aromatic carbocycles. The summed E-state index contributed by atoms with van der Waals surface area (Å²) in [6.07, 6.45) is 0.882. The Morgan fingerprint density at radius 2 is 1.89 bits per heavy atom. The van der Waals surface area contributed by atoms with Crippen LogP contribution in [0, 0.1) is 12.8 Å². The highest BCUT2D eigenvalue weighted by molar-refractivity contribution is 7.15. The Morgan fingerprint density at radius 3 is 2.68 bits per heavy atom. The number of carbonyl (C=O) groups excluding carboxylic acids is 2. The van der Waals surface area contributed by atoms with Crippen molar-refractivity contribution in [2.24, 2.45) is 5.92 Å². The molecule has 1 saturated heterocycles. The Balaban J connectivity index is 1.39. The zero-order chi connectivity index (χ0) is 19.5. The van der Waals surface area contributed by atoms with Crippen molar-refractivity contribution in [1.82, 2.24) is 10.2 Å². The molecule has 3 aromatic rings. The fraction of sp³-hybridized carbons (Fsp3) is 0.238. The zero-order valence-electron chi connectivity index (χ0n) is 15.5. The first-order valence-corrected chi connectivity index (χ1v) is 9.95. The molecule has 2 heterocycles. The van der Waals surface area contributed by atoms with Crippen molar-refractivity contribution >= 4 is 34.0 Å². The molecule has 1 N–H and O–H groups in total. The molecule has 0 radical (unpaired) electrons. The Bertz CT molecular complexity index is 1000. The van der Waals surface area contributed by atoms with Crippen molar-refractivity contribution in [3.05, 3.63) is 70.7 Å². The van der Waals surface area contributed by atoms with Gasteiger partial charge in [-0.2, -0.15) is 0 Å². The van der Waals surface area contributed by atoms with Gasteiger partial charge in [0, 0.05) is 25.1 Å². The number of nitrogens with one attached hydrogen (secondary N) is 1. The van der Waals surface area contributed by atoms with Crippen LogP contribution in [0.15, 0.2) is 54.6 Å². The van der Waals surface area contributed by atoms with Crippen molar-refractivity contribution in [1.29, 1.82) is 0 Å². The van der Waals surface area contributed by atoms with E-state index in [2.05, 4.69) is 15.5 Å². The van der Waals surface area contributed by atoms with Crippen LogP contribution in [0.5, 0.6) is 0 Å². The van der Waals surface area contributed by atoms with Crippen molar-refractivity contribution in [2.75, 3.05) is 16.8 Å². The lowest BCUT2D eigenvalue weighted by atomic mass is 10.1. The topological polar surface area (TPSA) is 75.2 Å². The van der Waals surface area contributed by atoms with Gasteiger partial charge in [-0.1, -0.05) is 59.9 Å². The number of nitrogens with zero attached hydrogens (tertiary/aromatic N) is 3. The molecule has 7 heteroatoms. The molecule has 0 bridgehead atoms. The maximum absolute atomic E-state index is 12.6. The molecule has 4 rings (SSSR count). The molecule has 2 amide bonds. The van der Waals surface area contributed by atoms with Crippen LogP contribution >= 0.6 is 11.3 Å². The van der Waals surface area contributed by atoms with Crippen LogP contribution in [-0.4, -0.2) is 28.6 Å². The third-order valence-electron chi connectivity index (χ3n) is 4.80. The van der Waals surface area contributed by atoms with Gasteiger partial charge < -0.3 is 10.2 Å². The monoisotopic (exact) mass is 392 g/mol. The van der Waals surface area contributed by atoms with E-state index in [4.69, 9.17) is 0 Å². The maximum atomic E-state index is 12.6. The molecule has 1 fully saturated rings. The SMILES string of the molecule is Cc1ccccc1N1C[C@@H](C(=O)Nc2nnc(Cc3ccccc3)s2)CC1=O. The zero-order valence-corrected chi connectivity index (χ0v) is 16.3. The lowest BCUT2D eigenvalue weighted by Crippen LogP contribution is -2.28. The Hall–Kier alpha value is -3.06. The van der Waals surface area contributed by atoms with E-state index >= 15 is 0 Å².